The number of nitrogens with zero attached hydrogens (tertiary/aromatic N) is 1. The number of benzene rings is 1. The first-order valence-corrected chi connectivity index (χ1v) is 10.5. The van der Waals surface area contributed by atoms with Crippen LogP contribution in [-0.4, -0.2) is 36.8 Å². The smallest absolute Gasteiger partial charge is 0.222 e. The molecule has 4 nitrogen and oxygen atoms in total. The second-order valence-corrected chi connectivity index (χ2v) is 8.19. The Morgan fingerprint density at radius 2 is 2.15 bits per heavy atom. The highest BCUT2D eigenvalue weighted by Gasteiger charge is 2.29. The third kappa shape index (κ3) is 4.98. The number of carbonyl (C=O) groups excluding carboxylic acids is 2. The summed E-state index contributed by atoms with van der Waals surface area (Å²) in [7, 11) is 1.62. The molecule has 1 atom stereocenters. The molecule has 3 rings (SSSR count). The fourth-order valence-electron chi connectivity index (χ4n) is 3.70. The van der Waals surface area contributed by atoms with Gasteiger partial charge in [-0.25, -0.2) is 0 Å². The van der Waals surface area contributed by atoms with E-state index in [1.54, 1.807) is 18.4 Å². The SMILES string of the molecule is COc1ccc(C(=O)C2CCCN(C(=O)CCCc3cccs3)C2)c(C)c1. The van der Waals surface area contributed by atoms with Gasteiger partial charge in [0.15, 0.2) is 5.78 Å². The van der Waals surface area contributed by atoms with Crippen molar-refractivity contribution >= 4 is 23.0 Å². The van der Waals surface area contributed by atoms with Crippen molar-refractivity contribution in [2.45, 2.75) is 39.0 Å². The molecule has 2 aromatic rings. The molecular formula is C22H27NO3S. The zero-order chi connectivity index (χ0) is 19.2. The highest BCUT2D eigenvalue weighted by molar-refractivity contribution is 7.09. The summed E-state index contributed by atoms with van der Waals surface area (Å²) in [5.41, 5.74) is 1.67. The van der Waals surface area contributed by atoms with Crippen molar-refractivity contribution < 1.29 is 14.3 Å². The van der Waals surface area contributed by atoms with Gasteiger partial charge in [-0.2, -0.15) is 0 Å². The number of piperidine rings is 1. The Balaban J connectivity index is 1.56. The highest BCUT2D eigenvalue weighted by Crippen LogP contribution is 2.25. The maximum absolute atomic E-state index is 13.0. The van der Waals surface area contributed by atoms with Crippen LogP contribution in [0.5, 0.6) is 5.75 Å². The number of hydrogen-bond acceptors (Lipinski definition) is 4. The number of ether oxygens (including phenoxy) is 1. The van der Waals surface area contributed by atoms with Crippen LogP contribution in [0.25, 0.3) is 0 Å². The molecule has 0 aliphatic carbocycles. The van der Waals surface area contributed by atoms with E-state index in [2.05, 4.69) is 11.4 Å². The molecule has 27 heavy (non-hydrogen) atoms. The maximum atomic E-state index is 13.0. The van der Waals surface area contributed by atoms with E-state index in [1.165, 1.54) is 4.88 Å². The van der Waals surface area contributed by atoms with Gasteiger partial charge in [0.25, 0.3) is 0 Å². The van der Waals surface area contributed by atoms with E-state index in [4.69, 9.17) is 4.74 Å². The van der Waals surface area contributed by atoms with Gasteiger partial charge in [0.05, 0.1) is 7.11 Å². The van der Waals surface area contributed by atoms with Gasteiger partial charge in [0.1, 0.15) is 5.75 Å². The van der Waals surface area contributed by atoms with Crippen molar-refractivity contribution in [3.63, 3.8) is 0 Å². The van der Waals surface area contributed by atoms with Crippen molar-refractivity contribution in [2.75, 3.05) is 20.2 Å². The molecule has 1 aliphatic rings. The highest BCUT2D eigenvalue weighted by atomic mass is 32.1. The molecule has 1 fully saturated rings. The fraction of sp³-hybridized carbons (Fsp3) is 0.455. The van der Waals surface area contributed by atoms with Crippen molar-refractivity contribution in [1.82, 2.24) is 4.90 Å². The van der Waals surface area contributed by atoms with Crippen LogP contribution >= 0.6 is 11.3 Å². The lowest BCUT2D eigenvalue weighted by Crippen LogP contribution is -2.42. The molecule has 1 aliphatic heterocycles. The Bertz CT molecular complexity index is 785. The van der Waals surface area contributed by atoms with Crippen molar-refractivity contribution in [3.8, 4) is 5.75 Å². The molecule has 1 saturated heterocycles. The summed E-state index contributed by atoms with van der Waals surface area (Å²) < 4.78 is 5.22. The minimum Gasteiger partial charge on any atom is -0.497 e. The number of Topliss-reactive ketones (excluding diaryl/α,β-unsaturated/α-hetero) is 1. The normalized spacial score (nSPS) is 17.0. The van der Waals surface area contributed by atoms with Crippen LogP contribution < -0.4 is 4.74 Å². The zero-order valence-corrected chi connectivity index (χ0v) is 16.9. The molecule has 144 valence electrons. The van der Waals surface area contributed by atoms with Crippen LogP contribution in [0.15, 0.2) is 35.7 Å². The average Bonchev–Trinajstić information content (AvgIpc) is 3.21. The molecule has 1 amide bonds. The van der Waals surface area contributed by atoms with Crippen LogP contribution in [0.3, 0.4) is 0 Å². The van der Waals surface area contributed by atoms with Crippen LogP contribution in [0.1, 0.15) is 46.5 Å². The van der Waals surface area contributed by atoms with E-state index in [1.807, 2.05) is 36.1 Å². The third-order valence-electron chi connectivity index (χ3n) is 5.24. The summed E-state index contributed by atoms with van der Waals surface area (Å²) in [6.45, 7) is 3.25. The lowest BCUT2D eigenvalue weighted by Gasteiger charge is -2.32. The van der Waals surface area contributed by atoms with Crippen molar-refractivity contribution in [3.05, 3.63) is 51.7 Å². The topological polar surface area (TPSA) is 46.6 Å². The predicted octanol–water partition coefficient (Wildman–Crippen LogP) is 4.51. The number of carbonyl (C=O) groups is 2. The van der Waals surface area contributed by atoms with Gasteiger partial charge in [0.2, 0.25) is 5.91 Å². The molecule has 0 N–H and O–H groups in total. The number of methoxy groups -OCH3 is 1. The number of ketones is 1. The molecule has 2 heterocycles. The molecule has 1 unspecified atom stereocenters. The summed E-state index contributed by atoms with van der Waals surface area (Å²) in [5.74, 6) is 0.976. The third-order valence-corrected chi connectivity index (χ3v) is 6.17. The summed E-state index contributed by atoms with van der Waals surface area (Å²) in [4.78, 5) is 28.8. The van der Waals surface area contributed by atoms with E-state index >= 15 is 0 Å². The molecule has 1 aromatic heterocycles. The average molecular weight is 386 g/mol. The lowest BCUT2D eigenvalue weighted by atomic mass is 9.88. The number of rotatable bonds is 7. The van der Waals surface area contributed by atoms with Crippen LogP contribution in [-0.2, 0) is 11.2 Å². The van der Waals surface area contributed by atoms with E-state index < -0.39 is 0 Å². The summed E-state index contributed by atoms with van der Waals surface area (Å²) in [6.07, 6.45) is 4.11. The quantitative estimate of drug-likeness (QED) is 0.659. The van der Waals surface area contributed by atoms with Gasteiger partial charge in [-0.05, 0) is 67.8 Å². The molecular weight excluding hydrogens is 358 g/mol. The maximum Gasteiger partial charge on any atom is 0.222 e. The second-order valence-electron chi connectivity index (χ2n) is 7.16. The first-order chi connectivity index (χ1) is 13.1. The van der Waals surface area contributed by atoms with Gasteiger partial charge in [-0.3, -0.25) is 9.59 Å². The minimum absolute atomic E-state index is 0.105. The monoisotopic (exact) mass is 385 g/mol. The minimum atomic E-state index is -0.105. The number of amides is 1. The van der Waals surface area contributed by atoms with Gasteiger partial charge in [-0.1, -0.05) is 6.07 Å². The fourth-order valence-corrected chi connectivity index (χ4v) is 4.46. The molecule has 0 radical (unpaired) electrons. The lowest BCUT2D eigenvalue weighted by molar-refractivity contribution is -0.132. The van der Waals surface area contributed by atoms with Gasteiger partial charge >= 0.3 is 0 Å². The number of thiophene rings is 1. The Morgan fingerprint density at radius 1 is 1.30 bits per heavy atom. The Hall–Kier alpha value is -2.14. The molecule has 5 heteroatoms. The number of likely N-dealkylation sites (tertiary alicyclic amines) is 1. The van der Waals surface area contributed by atoms with Gasteiger partial charge in [-0.15, -0.1) is 11.3 Å². The molecule has 0 spiro atoms. The van der Waals surface area contributed by atoms with Crippen LogP contribution in [0, 0.1) is 12.8 Å². The standard InChI is InChI=1S/C22H27NO3S/c1-16-14-18(26-2)10-11-20(16)22(25)17-6-4-12-23(15-17)21(24)9-3-7-19-8-5-13-27-19/h5,8,10-11,13-14,17H,3-4,6-7,9,12,15H2,1-2H3. The molecule has 0 saturated carbocycles. The first-order valence-electron chi connectivity index (χ1n) is 9.57. The van der Waals surface area contributed by atoms with Crippen LogP contribution in [0.2, 0.25) is 0 Å². The number of aryl methyl sites for hydroxylation is 2. The first kappa shape index (κ1) is 19.6. The van der Waals surface area contributed by atoms with Crippen molar-refractivity contribution in [1.29, 1.82) is 0 Å². The summed E-state index contributed by atoms with van der Waals surface area (Å²) in [6, 6.07) is 9.73. The Kier molecular flexibility index (Phi) is 6.67. The molecule has 1 aromatic carbocycles. The summed E-state index contributed by atoms with van der Waals surface area (Å²) in [5, 5.41) is 2.07. The predicted molar refractivity (Wildman–Crippen MR) is 109 cm³/mol. The van der Waals surface area contributed by atoms with Crippen molar-refractivity contribution in [2.24, 2.45) is 5.92 Å². The zero-order valence-electron chi connectivity index (χ0n) is 16.1. The van der Waals surface area contributed by atoms with Gasteiger partial charge in [0, 0.05) is 35.9 Å². The number of hydrogen-bond donors (Lipinski definition) is 0. The Labute approximate surface area is 165 Å². The summed E-state index contributed by atoms with van der Waals surface area (Å²) >= 11 is 1.74. The van der Waals surface area contributed by atoms with Crippen LogP contribution in [0.4, 0.5) is 0 Å². The largest absolute Gasteiger partial charge is 0.497 e. The van der Waals surface area contributed by atoms with E-state index in [-0.39, 0.29) is 17.6 Å². The second kappa shape index (κ2) is 9.18. The van der Waals surface area contributed by atoms with E-state index in [9.17, 15) is 9.59 Å². The van der Waals surface area contributed by atoms with E-state index in [0.29, 0.717) is 13.0 Å². The van der Waals surface area contributed by atoms with Gasteiger partial charge < -0.3 is 9.64 Å². The van der Waals surface area contributed by atoms with E-state index in [0.717, 1.165) is 49.1 Å². The Morgan fingerprint density at radius 3 is 2.85 bits per heavy atom. The molecule has 0 bridgehead atoms.